The number of aliphatic carboxylic acids is 1. The Kier molecular flexibility index (Phi) is 21.9. The number of hydrogen-bond acceptors (Lipinski definition) is 5. The van der Waals surface area contributed by atoms with E-state index in [-0.39, 0.29) is 12.8 Å². The third-order valence-electron chi connectivity index (χ3n) is 6.80. The van der Waals surface area contributed by atoms with Crippen molar-refractivity contribution in [2.75, 3.05) is 13.2 Å². The summed E-state index contributed by atoms with van der Waals surface area (Å²) in [7, 11) is 0. The Hall–Kier alpha value is -0.950. The van der Waals surface area contributed by atoms with Gasteiger partial charge < -0.3 is 25.5 Å². The Morgan fingerprint density at radius 1 is 0.676 bits per heavy atom. The molecule has 0 amide bonds. The van der Waals surface area contributed by atoms with Crippen molar-refractivity contribution in [3.8, 4) is 0 Å². The molecule has 0 saturated heterocycles. The van der Waals surface area contributed by atoms with E-state index >= 15 is 0 Å². The fraction of sp³-hybridized carbons (Fsp3) is 0.893. The largest absolute Gasteiger partial charge is 0.481 e. The van der Waals surface area contributed by atoms with Gasteiger partial charge in [0.15, 0.2) is 0 Å². The van der Waals surface area contributed by atoms with Crippen molar-refractivity contribution in [3.63, 3.8) is 0 Å². The van der Waals surface area contributed by atoms with Crippen molar-refractivity contribution < 1.29 is 30.3 Å². The van der Waals surface area contributed by atoms with E-state index < -0.39 is 36.8 Å². The highest BCUT2D eigenvalue weighted by Gasteiger charge is 2.41. The maximum atomic E-state index is 11.9. The molecule has 202 valence electrons. The lowest BCUT2D eigenvalue weighted by molar-refractivity contribution is -0.155. The van der Waals surface area contributed by atoms with Gasteiger partial charge in [0.05, 0.1) is 30.8 Å². The fourth-order valence-corrected chi connectivity index (χ4v) is 4.66. The van der Waals surface area contributed by atoms with E-state index in [9.17, 15) is 20.1 Å². The highest BCUT2D eigenvalue weighted by molar-refractivity contribution is 5.74. The van der Waals surface area contributed by atoms with Crippen LogP contribution in [0.4, 0.5) is 0 Å². The Morgan fingerprint density at radius 3 is 1.44 bits per heavy atom. The van der Waals surface area contributed by atoms with Gasteiger partial charge in [-0.25, -0.2) is 0 Å². The van der Waals surface area contributed by atoms with Crippen LogP contribution in [-0.2, 0) is 4.79 Å². The van der Waals surface area contributed by atoms with Crippen LogP contribution in [0.25, 0.3) is 0 Å². The number of aliphatic hydroxyl groups is 4. The van der Waals surface area contributed by atoms with Gasteiger partial charge in [-0.05, 0) is 44.9 Å². The first kappa shape index (κ1) is 33.0. The second-order valence-electron chi connectivity index (χ2n) is 10.1. The molecule has 0 aliphatic carbocycles. The van der Waals surface area contributed by atoms with Crippen LogP contribution in [0.5, 0.6) is 0 Å². The number of hydrogen-bond donors (Lipinski definition) is 5. The first-order valence-electron chi connectivity index (χ1n) is 13.9. The van der Waals surface area contributed by atoms with E-state index in [0.717, 1.165) is 19.3 Å². The summed E-state index contributed by atoms with van der Waals surface area (Å²) in [6.45, 7) is 1.22. The molecule has 0 rings (SSSR count). The first-order valence-corrected chi connectivity index (χ1v) is 13.9. The van der Waals surface area contributed by atoms with Gasteiger partial charge in [0.2, 0.25) is 0 Å². The van der Waals surface area contributed by atoms with E-state index in [0.29, 0.717) is 12.8 Å². The number of carboxylic acids is 1. The number of unbranched alkanes of at least 4 members (excludes halogenated alkanes) is 14. The summed E-state index contributed by atoms with van der Waals surface area (Å²) in [5.74, 6) is -1.09. The Labute approximate surface area is 208 Å². The van der Waals surface area contributed by atoms with E-state index in [4.69, 9.17) is 10.2 Å². The van der Waals surface area contributed by atoms with E-state index in [2.05, 4.69) is 19.1 Å². The minimum atomic E-state index is -1.33. The average Bonchev–Trinajstić information content (AvgIpc) is 2.82. The second kappa shape index (κ2) is 22.5. The molecule has 2 atom stereocenters. The van der Waals surface area contributed by atoms with Crippen LogP contribution < -0.4 is 0 Å². The monoisotopic (exact) mass is 486 g/mol. The number of rotatable bonds is 25. The number of aliphatic hydroxyl groups excluding tert-OH is 4. The van der Waals surface area contributed by atoms with Crippen LogP contribution in [0, 0.1) is 5.41 Å². The van der Waals surface area contributed by atoms with Crippen LogP contribution in [0.2, 0.25) is 0 Å². The molecule has 2 unspecified atom stereocenters. The molecule has 0 spiro atoms. The molecule has 0 heterocycles. The zero-order chi connectivity index (χ0) is 25.5. The van der Waals surface area contributed by atoms with Crippen molar-refractivity contribution in [1.29, 1.82) is 0 Å². The molecule has 0 bridgehead atoms. The molecule has 0 aromatic heterocycles. The molecule has 6 nitrogen and oxygen atoms in total. The molecule has 5 N–H and O–H groups in total. The molecule has 0 radical (unpaired) electrons. The van der Waals surface area contributed by atoms with Gasteiger partial charge in [0, 0.05) is 0 Å². The topological polar surface area (TPSA) is 118 Å². The average molecular weight is 487 g/mol. The van der Waals surface area contributed by atoms with Crippen molar-refractivity contribution in [1.82, 2.24) is 0 Å². The second-order valence-corrected chi connectivity index (χ2v) is 10.1. The van der Waals surface area contributed by atoms with Crippen molar-refractivity contribution in [2.24, 2.45) is 5.41 Å². The lowest BCUT2D eigenvalue weighted by Crippen LogP contribution is -2.39. The SMILES string of the molecule is CCCCCCCC/C=C\CCCCCCCCCCC(CC(O)CO)(CC(O)CO)C(=O)O. The smallest absolute Gasteiger partial charge is 0.309 e. The molecule has 0 aromatic carbocycles. The zero-order valence-corrected chi connectivity index (χ0v) is 21.8. The molecule has 0 aliphatic heterocycles. The molecule has 0 saturated carbocycles. The summed E-state index contributed by atoms with van der Waals surface area (Å²) >= 11 is 0. The van der Waals surface area contributed by atoms with E-state index in [1.807, 2.05) is 0 Å². The third kappa shape index (κ3) is 17.5. The molecule has 0 fully saturated rings. The predicted octanol–water partition coefficient (Wildman–Crippen LogP) is 5.75. The summed E-state index contributed by atoms with van der Waals surface area (Å²) in [5.41, 5.74) is -1.33. The highest BCUT2D eigenvalue weighted by atomic mass is 16.4. The van der Waals surface area contributed by atoms with Gasteiger partial charge in [-0.15, -0.1) is 0 Å². The number of carboxylic acid groups (broad SMARTS) is 1. The molecular formula is C28H54O6. The Bertz CT molecular complexity index is 481. The molecular weight excluding hydrogens is 432 g/mol. The molecule has 0 aliphatic rings. The van der Waals surface area contributed by atoms with Gasteiger partial charge in [0.1, 0.15) is 0 Å². The lowest BCUT2D eigenvalue weighted by Gasteiger charge is -2.32. The quantitative estimate of drug-likeness (QED) is 0.0828. The summed E-state index contributed by atoms with van der Waals surface area (Å²) in [5, 5.41) is 47.7. The van der Waals surface area contributed by atoms with Crippen molar-refractivity contribution >= 4 is 5.97 Å². The summed E-state index contributed by atoms with van der Waals surface area (Å²) < 4.78 is 0. The lowest BCUT2D eigenvalue weighted by atomic mass is 9.73. The van der Waals surface area contributed by atoms with Crippen LogP contribution in [0.1, 0.15) is 129 Å². The minimum absolute atomic E-state index is 0.122. The third-order valence-corrected chi connectivity index (χ3v) is 6.80. The summed E-state index contributed by atoms with van der Waals surface area (Å²) in [4.78, 5) is 11.9. The van der Waals surface area contributed by atoms with Gasteiger partial charge >= 0.3 is 5.97 Å². The van der Waals surface area contributed by atoms with E-state index in [1.165, 1.54) is 77.0 Å². The standard InChI is InChI=1S/C28H54O6/c1-2-3-4-5-6-7-8-9-10-11-12-13-14-15-16-17-18-19-20-28(27(33)34,21-25(31)23-29)22-26(32)24-30/h9-10,25-26,29-32H,2-8,11-24H2,1H3,(H,33,34)/b10-9-. The summed E-state index contributed by atoms with van der Waals surface area (Å²) in [6, 6.07) is 0. The minimum Gasteiger partial charge on any atom is -0.481 e. The number of allylic oxidation sites excluding steroid dienone is 2. The van der Waals surface area contributed by atoms with Gasteiger partial charge in [-0.2, -0.15) is 0 Å². The molecule has 34 heavy (non-hydrogen) atoms. The Balaban J connectivity index is 3.88. The van der Waals surface area contributed by atoms with Crippen LogP contribution >= 0.6 is 0 Å². The maximum absolute atomic E-state index is 11.9. The van der Waals surface area contributed by atoms with Gasteiger partial charge in [-0.1, -0.05) is 96.1 Å². The first-order chi connectivity index (χ1) is 16.4. The molecule has 6 heteroatoms. The van der Waals surface area contributed by atoms with Crippen molar-refractivity contribution in [3.05, 3.63) is 12.2 Å². The van der Waals surface area contributed by atoms with Crippen LogP contribution in [-0.4, -0.2) is 56.9 Å². The fourth-order valence-electron chi connectivity index (χ4n) is 4.66. The highest BCUT2D eigenvalue weighted by Crippen LogP contribution is 2.36. The van der Waals surface area contributed by atoms with Gasteiger partial charge in [0.25, 0.3) is 0 Å². The van der Waals surface area contributed by atoms with Crippen LogP contribution in [0.15, 0.2) is 12.2 Å². The normalized spacial score (nSPS) is 15.4. The van der Waals surface area contributed by atoms with Crippen molar-refractivity contribution in [2.45, 2.75) is 141 Å². The van der Waals surface area contributed by atoms with Crippen LogP contribution in [0.3, 0.4) is 0 Å². The summed E-state index contributed by atoms with van der Waals surface area (Å²) in [6.07, 6.45) is 21.6. The predicted molar refractivity (Wildman–Crippen MR) is 139 cm³/mol. The molecule has 0 aromatic rings. The zero-order valence-electron chi connectivity index (χ0n) is 21.8. The van der Waals surface area contributed by atoms with E-state index in [1.54, 1.807) is 0 Å². The maximum Gasteiger partial charge on any atom is 0.309 e. The van der Waals surface area contributed by atoms with Gasteiger partial charge in [-0.3, -0.25) is 4.79 Å². The number of carbonyl (C=O) groups is 1. The Morgan fingerprint density at radius 2 is 1.06 bits per heavy atom.